The van der Waals surface area contributed by atoms with Gasteiger partial charge in [-0.1, -0.05) is 29.5 Å². The highest BCUT2D eigenvalue weighted by Gasteiger charge is 2.30. The topological polar surface area (TPSA) is 84.2 Å². The highest BCUT2D eigenvalue weighted by atomic mass is 32.1. The first kappa shape index (κ1) is 13.2. The maximum atomic E-state index is 11.8. The summed E-state index contributed by atoms with van der Waals surface area (Å²) in [5, 5.41) is 19.2. The number of hydrogen-bond acceptors (Lipinski definition) is 5. The monoisotopic (exact) mass is 314 g/mol. The maximum absolute atomic E-state index is 11.8. The number of amides is 2. The van der Waals surface area contributed by atoms with Crippen molar-refractivity contribution in [2.24, 2.45) is 0 Å². The number of benzene rings is 1. The van der Waals surface area contributed by atoms with Gasteiger partial charge in [-0.25, -0.2) is 4.79 Å². The van der Waals surface area contributed by atoms with Crippen molar-refractivity contribution in [2.45, 2.75) is 25.3 Å². The van der Waals surface area contributed by atoms with E-state index in [2.05, 4.69) is 25.9 Å². The molecule has 0 saturated heterocycles. The number of rotatable bonds is 4. The summed E-state index contributed by atoms with van der Waals surface area (Å²) >= 11 is 1.45. The Morgan fingerprint density at radius 3 is 2.86 bits per heavy atom. The molecule has 4 rings (SSSR count). The van der Waals surface area contributed by atoms with E-state index in [1.54, 1.807) is 4.52 Å². The molecule has 3 aromatic rings. The Morgan fingerprint density at radius 2 is 2.09 bits per heavy atom. The Kier molecular flexibility index (Phi) is 3.23. The molecular formula is C14H14N6OS. The highest BCUT2D eigenvalue weighted by Crippen LogP contribution is 2.39. The van der Waals surface area contributed by atoms with Crippen LogP contribution in [0.15, 0.2) is 30.3 Å². The Morgan fingerprint density at radius 1 is 1.27 bits per heavy atom. The quantitative estimate of drug-likeness (QED) is 0.774. The summed E-state index contributed by atoms with van der Waals surface area (Å²) in [5.74, 6) is 1.44. The predicted molar refractivity (Wildman–Crippen MR) is 82.9 cm³/mol. The molecule has 0 aliphatic heterocycles. The summed E-state index contributed by atoms with van der Waals surface area (Å²) in [6.45, 7) is 0.372. The molecule has 2 amide bonds. The number of fused-ring (bicyclic) bond motifs is 1. The van der Waals surface area contributed by atoms with Crippen molar-refractivity contribution in [3.63, 3.8) is 0 Å². The first-order chi connectivity index (χ1) is 10.8. The van der Waals surface area contributed by atoms with E-state index in [4.69, 9.17) is 0 Å². The average molecular weight is 314 g/mol. The first-order valence-electron chi connectivity index (χ1n) is 7.10. The van der Waals surface area contributed by atoms with E-state index in [1.165, 1.54) is 11.3 Å². The van der Waals surface area contributed by atoms with E-state index in [9.17, 15) is 4.79 Å². The van der Waals surface area contributed by atoms with Crippen molar-refractivity contribution in [1.82, 2.24) is 25.1 Å². The molecule has 0 spiro atoms. The third-order valence-electron chi connectivity index (χ3n) is 3.43. The van der Waals surface area contributed by atoms with Crippen molar-refractivity contribution in [3.8, 4) is 0 Å². The Balaban J connectivity index is 1.40. The normalized spacial score (nSPS) is 14.2. The molecule has 0 unspecified atom stereocenters. The molecule has 1 saturated carbocycles. The average Bonchev–Trinajstić information content (AvgIpc) is 3.16. The standard InChI is InChI=1S/C14H14N6OS/c21-13(16-10-4-2-1-3-5-10)15-8-11-19-20-12(9-6-7-9)17-18-14(20)22-11/h1-5,9H,6-8H2,(H2,15,16,21). The summed E-state index contributed by atoms with van der Waals surface area (Å²) in [4.78, 5) is 12.6. The lowest BCUT2D eigenvalue weighted by Gasteiger charge is -2.05. The minimum atomic E-state index is -0.250. The van der Waals surface area contributed by atoms with Gasteiger partial charge in [-0.05, 0) is 25.0 Å². The van der Waals surface area contributed by atoms with Crippen molar-refractivity contribution in [3.05, 3.63) is 41.2 Å². The van der Waals surface area contributed by atoms with E-state index >= 15 is 0 Å². The third kappa shape index (κ3) is 2.64. The minimum absolute atomic E-state index is 0.250. The molecule has 1 aromatic carbocycles. The summed E-state index contributed by atoms with van der Waals surface area (Å²) in [6, 6.07) is 9.07. The number of nitrogens with zero attached hydrogens (tertiary/aromatic N) is 4. The first-order valence-corrected chi connectivity index (χ1v) is 7.92. The van der Waals surface area contributed by atoms with Crippen molar-refractivity contribution >= 4 is 28.0 Å². The van der Waals surface area contributed by atoms with E-state index < -0.39 is 0 Å². The summed E-state index contributed by atoms with van der Waals surface area (Å²) in [6.07, 6.45) is 2.32. The zero-order chi connectivity index (χ0) is 14.9. The Labute approximate surface area is 130 Å². The molecule has 0 bridgehead atoms. The van der Waals surface area contributed by atoms with Gasteiger partial charge < -0.3 is 10.6 Å². The van der Waals surface area contributed by atoms with Gasteiger partial charge in [0, 0.05) is 11.6 Å². The molecule has 7 nitrogen and oxygen atoms in total. The molecule has 8 heteroatoms. The molecule has 0 atom stereocenters. The van der Waals surface area contributed by atoms with Crippen LogP contribution in [0.2, 0.25) is 0 Å². The lowest BCUT2D eigenvalue weighted by atomic mass is 10.3. The number of nitrogens with one attached hydrogen (secondary N) is 2. The van der Waals surface area contributed by atoms with Gasteiger partial charge in [-0.3, -0.25) is 0 Å². The van der Waals surface area contributed by atoms with Crippen LogP contribution in [0, 0.1) is 0 Å². The van der Waals surface area contributed by atoms with Crippen LogP contribution < -0.4 is 10.6 Å². The highest BCUT2D eigenvalue weighted by molar-refractivity contribution is 7.16. The van der Waals surface area contributed by atoms with Crippen LogP contribution in [0.4, 0.5) is 10.5 Å². The summed E-state index contributed by atoms with van der Waals surface area (Å²) < 4.78 is 1.80. The number of carbonyl (C=O) groups excluding carboxylic acids is 1. The van der Waals surface area contributed by atoms with Crippen molar-refractivity contribution in [1.29, 1.82) is 0 Å². The number of hydrogen-bond donors (Lipinski definition) is 2. The van der Waals surface area contributed by atoms with E-state index in [0.29, 0.717) is 12.5 Å². The molecular weight excluding hydrogens is 300 g/mol. The molecule has 1 aliphatic carbocycles. The fourth-order valence-electron chi connectivity index (χ4n) is 2.19. The smallest absolute Gasteiger partial charge is 0.319 e. The van der Waals surface area contributed by atoms with Crippen LogP contribution in [-0.4, -0.2) is 25.8 Å². The summed E-state index contributed by atoms with van der Waals surface area (Å²) in [5.41, 5.74) is 0.758. The van der Waals surface area contributed by atoms with Gasteiger partial charge in [0.2, 0.25) is 4.96 Å². The summed E-state index contributed by atoms with van der Waals surface area (Å²) in [7, 11) is 0. The molecule has 2 aromatic heterocycles. The van der Waals surface area contributed by atoms with Crippen molar-refractivity contribution in [2.75, 3.05) is 5.32 Å². The van der Waals surface area contributed by atoms with Gasteiger partial charge in [-0.2, -0.15) is 9.61 Å². The maximum Gasteiger partial charge on any atom is 0.319 e. The zero-order valence-corrected chi connectivity index (χ0v) is 12.5. The van der Waals surface area contributed by atoms with Gasteiger partial charge in [0.05, 0.1) is 6.54 Å². The van der Waals surface area contributed by atoms with Crippen molar-refractivity contribution < 1.29 is 4.79 Å². The largest absolute Gasteiger partial charge is 0.331 e. The van der Waals surface area contributed by atoms with Gasteiger partial charge in [0.1, 0.15) is 5.01 Å². The van der Waals surface area contributed by atoms with Crippen LogP contribution in [0.3, 0.4) is 0 Å². The van der Waals surface area contributed by atoms with Gasteiger partial charge in [0.15, 0.2) is 5.82 Å². The molecule has 2 N–H and O–H groups in total. The second-order valence-electron chi connectivity index (χ2n) is 5.20. The lowest BCUT2D eigenvalue weighted by Crippen LogP contribution is -2.28. The second kappa shape index (κ2) is 5.38. The molecule has 1 fully saturated rings. The molecule has 112 valence electrons. The SMILES string of the molecule is O=C(NCc1nn2c(C3CC3)nnc2s1)Nc1ccccc1. The molecule has 1 aliphatic rings. The van der Waals surface area contributed by atoms with Crippen LogP contribution in [0.5, 0.6) is 0 Å². The fraction of sp³-hybridized carbons (Fsp3) is 0.286. The third-order valence-corrected chi connectivity index (χ3v) is 4.33. The number of anilines is 1. The number of carbonyl (C=O) groups is 1. The van der Waals surface area contributed by atoms with E-state index in [1.807, 2.05) is 30.3 Å². The predicted octanol–water partition coefficient (Wildman–Crippen LogP) is 2.38. The second-order valence-corrected chi connectivity index (χ2v) is 6.24. The van der Waals surface area contributed by atoms with Gasteiger partial charge in [-0.15, -0.1) is 10.2 Å². The number of urea groups is 1. The molecule has 2 heterocycles. The minimum Gasteiger partial charge on any atom is -0.331 e. The molecule has 22 heavy (non-hydrogen) atoms. The van der Waals surface area contributed by atoms with Gasteiger partial charge in [0.25, 0.3) is 0 Å². The molecule has 0 radical (unpaired) electrons. The van der Waals surface area contributed by atoms with Crippen LogP contribution in [0.1, 0.15) is 29.6 Å². The fourth-order valence-corrected chi connectivity index (χ4v) is 2.97. The van der Waals surface area contributed by atoms with E-state index in [0.717, 1.165) is 34.3 Å². The van der Waals surface area contributed by atoms with E-state index in [-0.39, 0.29) is 6.03 Å². The van der Waals surface area contributed by atoms with Gasteiger partial charge >= 0.3 is 6.03 Å². The Bertz CT molecular complexity index is 807. The lowest BCUT2D eigenvalue weighted by molar-refractivity contribution is 0.251. The zero-order valence-electron chi connectivity index (χ0n) is 11.7. The Hall–Kier alpha value is -2.48. The van der Waals surface area contributed by atoms with Crippen LogP contribution in [0.25, 0.3) is 4.96 Å². The number of aromatic nitrogens is 4. The van der Waals surface area contributed by atoms with Crippen LogP contribution in [-0.2, 0) is 6.54 Å². The number of para-hydroxylation sites is 1. The van der Waals surface area contributed by atoms with Crippen LogP contribution >= 0.6 is 11.3 Å².